The first-order valence-corrected chi connectivity index (χ1v) is 13.3. The summed E-state index contributed by atoms with van der Waals surface area (Å²) < 4.78 is 45.1. The topological polar surface area (TPSA) is 98.9 Å². The third kappa shape index (κ3) is 6.15. The van der Waals surface area contributed by atoms with Gasteiger partial charge in [0.25, 0.3) is 15.3 Å². The molecule has 194 valence electrons. The minimum Gasteiger partial charge on any atom is -0.382 e. The molecule has 1 aromatic heterocycles. The highest BCUT2D eigenvalue weighted by molar-refractivity contribution is 7.93. The van der Waals surface area contributed by atoms with Gasteiger partial charge in [-0.2, -0.15) is 0 Å². The van der Waals surface area contributed by atoms with Crippen LogP contribution in [-0.4, -0.2) is 45.9 Å². The Morgan fingerprint density at radius 1 is 1.11 bits per heavy atom. The van der Waals surface area contributed by atoms with E-state index in [0.29, 0.717) is 34.9 Å². The van der Waals surface area contributed by atoms with Crippen LogP contribution in [0.25, 0.3) is 11.1 Å². The van der Waals surface area contributed by atoms with Crippen molar-refractivity contribution in [2.24, 2.45) is 5.92 Å². The van der Waals surface area contributed by atoms with Crippen LogP contribution in [0.15, 0.2) is 51.9 Å². The van der Waals surface area contributed by atoms with E-state index in [1.807, 2.05) is 6.07 Å². The van der Waals surface area contributed by atoms with Gasteiger partial charge in [0.2, 0.25) is 5.88 Å². The minimum atomic E-state index is -4.22. The first-order valence-electron chi connectivity index (χ1n) is 11.5. The number of methoxy groups -OCH3 is 1. The Morgan fingerprint density at radius 2 is 1.83 bits per heavy atom. The number of nitrogens with zero attached hydrogens (tertiary/aromatic N) is 2. The Balaban J connectivity index is 2.15. The van der Waals surface area contributed by atoms with Crippen LogP contribution in [0.4, 0.5) is 5.88 Å². The maximum absolute atomic E-state index is 14.1. The molecule has 0 N–H and O–H groups in total. The number of sulfonamides is 1. The second-order valence-electron chi connectivity index (χ2n) is 8.83. The SMILES string of the molecule is COCCOCN(c1onc(C)c1C)S(=O)(=O)c1ccccc1-c1ccc(CC(C)C)cc1C(=O)Cl. The number of aromatic nitrogens is 1. The van der Waals surface area contributed by atoms with Gasteiger partial charge < -0.3 is 14.0 Å². The molecular weight excluding hydrogens is 504 g/mol. The van der Waals surface area contributed by atoms with Crippen LogP contribution >= 0.6 is 11.6 Å². The normalized spacial score (nSPS) is 11.8. The lowest BCUT2D eigenvalue weighted by Gasteiger charge is -2.23. The number of halogens is 1. The van der Waals surface area contributed by atoms with E-state index in [2.05, 4.69) is 19.0 Å². The molecule has 8 nitrogen and oxygen atoms in total. The Bertz CT molecular complexity index is 1320. The Labute approximate surface area is 217 Å². The van der Waals surface area contributed by atoms with E-state index in [1.54, 1.807) is 44.2 Å². The molecule has 3 rings (SSSR count). The molecule has 36 heavy (non-hydrogen) atoms. The number of ether oxygens (including phenoxy) is 2. The molecule has 0 fully saturated rings. The Morgan fingerprint density at radius 3 is 2.44 bits per heavy atom. The third-order valence-corrected chi connectivity index (χ3v) is 7.65. The number of carbonyl (C=O) groups is 1. The standard InChI is InChI=1S/C26H31ClN2O6S/c1-17(2)14-20-10-11-21(23(15-20)25(27)30)22-8-6-7-9-24(22)36(31,32)29(16-34-13-12-33-5)26-18(3)19(4)28-35-26/h6-11,15,17H,12-14,16H2,1-5H3. The van der Waals surface area contributed by atoms with E-state index in [0.717, 1.165) is 16.3 Å². The van der Waals surface area contributed by atoms with Gasteiger partial charge in [0, 0.05) is 23.8 Å². The summed E-state index contributed by atoms with van der Waals surface area (Å²) in [5, 5.41) is 3.25. The van der Waals surface area contributed by atoms with Crippen LogP contribution in [0.2, 0.25) is 0 Å². The molecular formula is C26H31ClN2O6S. The Hall–Kier alpha value is -2.72. The quantitative estimate of drug-likeness (QED) is 0.175. The first kappa shape index (κ1) is 27.9. The van der Waals surface area contributed by atoms with Gasteiger partial charge in [-0.05, 0) is 61.0 Å². The lowest BCUT2D eigenvalue weighted by molar-refractivity contribution is 0.0744. The maximum Gasteiger partial charge on any atom is 0.269 e. The molecule has 2 aromatic carbocycles. The predicted molar refractivity (Wildman–Crippen MR) is 139 cm³/mol. The van der Waals surface area contributed by atoms with Gasteiger partial charge in [0.05, 0.1) is 23.8 Å². The number of benzene rings is 2. The molecule has 0 amide bonds. The summed E-state index contributed by atoms with van der Waals surface area (Å²) in [5.41, 5.74) is 3.08. The van der Waals surface area contributed by atoms with Gasteiger partial charge in [0.1, 0.15) is 6.73 Å². The molecule has 0 spiro atoms. The third-order valence-electron chi connectivity index (χ3n) is 5.68. The highest BCUT2D eigenvalue weighted by Crippen LogP contribution is 2.36. The van der Waals surface area contributed by atoms with E-state index in [9.17, 15) is 13.2 Å². The zero-order valence-electron chi connectivity index (χ0n) is 21.1. The van der Waals surface area contributed by atoms with Gasteiger partial charge in [-0.25, -0.2) is 12.7 Å². The summed E-state index contributed by atoms with van der Waals surface area (Å²) in [5.74, 6) is 0.433. The second kappa shape index (κ2) is 12.0. The van der Waals surface area contributed by atoms with Crippen LogP contribution in [0.5, 0.6) is 0 Å². The van der Waals surface area contributed by atoms with Crippen LogP contribution in [-0.2, 0) is 25.9 Å². The summed E-state index contributed by atoms with van der Waals surface area (Å²) in [4.78, 5) is 12.4. The highest BCUT2D eigenvalue weighted by atomic mass is 35.5. The molecule has 3 aromatic rings. The average Bonchev–Trinajstić information content (AvgIpc) is 3.16. The molecule has 0 atom stereocenters. The number of anilines is 1. The number of hydrogen-bond acceptors (Lipinski definition) is 7. The fraction of sp³-hybridized carbons (Fsp3) is 0.385. The average molecular weight is 535 g/mol. The molecule has 0 aliphatic heterocycles. The van der Waals surface area contributed by atoms with Gasteiger partial charge in [-0.1, -0.05) is 49.3 Å². The summed E-state index contributed by atoms with van der Waals surface area (Å²) in [7, 11) is -2.69. The maximum atomic E-state index is 14.1. The van der Waals surface area contributed by atoms with Crippen molar-refractivity contribution < 1.29 is 27.2 Å². The number of hydrogen-bond donors (Lipinski definition) is 0. The smallest absolute Gasteiger partial charge is 0.269 e. The van der Waals surface area contributed by atoms with Gasteiger partial charge >= 0.3 is 0 Å². The van der Waals surface area contributed by atoms with Gasteiger partial charge in [-0.3, -0.25) is 4.79 Å². The van der Waals surface area contributed by atoms with Crippen molar-refractivity contribution in [3.05, 3.63) is 64.8 Å². The van der Waals surface area contributed by atoms with Crippen LogP contribution in [0.1, 0.15) is 41.0 Å². The van der Waals surface area contributed by atoms with Crippen molar-refractivity contribution in [2.75, 3.05) is 31.4 Å². The van der Waals surface area contributed by atoms with E-state index >= 15 is 0 Å². The summed E-state index contributed by atoms with van der Waals surface area (Å²) in [6.45, 7) is 7.76. The van der Waals surface area contributed by atoms with E-state index < -0.39 is 15.3 Å². The van der Waals surface area contributed by atoms with Crippen molar-refractivity contribution >= 4 is 32.8 Å². The fourth-order valence-electron chi connectivity index (χ4n) is 3.78. The van der Waals surface area contributed by atoms with Crippen molar-refractivity contribution in [3.63, 3.8) is 0 Å². The highest BCUT2D eigenvalue weighted by Gasteiger charge is 2.33. The molecule has 0 saturated carbocycles. The molecule has 1 heterocycles. The van der Waals surface area contributed by atoms with Crippen molar-refractivity contribution in [1.29, 1.82) is 0 Å². The van der Waals surface area contributed by atoms with E-state index in [-0.39, 0.29) is 29.7 Å². The monoisotopic (exact) mass is 534 g/mol. The molecule has 0 aliphatic rings. The summed E-state index contributed by atoms with van der Waals surface area (Å²) in [6, 6.07) is 11.8. The number of rotatable bonds is 12. The van der Waals surface area contributed by atoms with Crippen molar-refractivity contribution in [3.8, 4) is 11.1 Å². The molecule has 0 radical (unpaired) electrons. The van der Waals surface area contributed by atoms with E-state index in [1.165, 1.54) is 13.2 Å². The minimum absolute atomic E-state index is 0.0235. The molecule has 0 aliphatic carbocycles. The summed E-state index contributed by atoms with van der Waals surface area (Å²) >= 11 is 5.96. The zero-order chi connectivity index (χ0) is 26.5. The number of aryl methyl sites for hydroxylation is 1. The van der Waals surface area contributed by atoms with Crippen molar-refractivity contribution in [1.82, 2.24) is 5.16 Å². The van der Waals surface area contributed by atoms with Gasteiger partial charge in [0.15, 0.2) is 0 Å². The van der Waals surface area contributed by atoms with Crippen LogP contribution in [0, 0.1) is 19.8 Å². The lowest BCUT2D eigenvalue weighted by atomic mass is 9.95. The van der Waals surface area contributed by atoms with E-state index in [4.69, 9.17) is 25.6 Å². The first-order chi connectivity index (χ1) is 17.1. The number of carbonyl (C=O) groups excluding carboxylic acids is 1. The van der Waals surface area contributed by atoms with Gasteiger partial charge in [-0.15, -0.1) is 0 Å². The molecule has 0 bridgehead atoms. The zero-order valence-corrected chi connectivity index (χ0v) is 22.6. The molecule has 0 unspecified atom stereocenters. The largest absolute Gasteiger partial charge is 0.382 e. The Kier molecular flexibility index (Phi) is 9.30. The fourth-order valence-corrected chi connectivity index (χ4v) is 5.49. The molecule has 10 heteroatoms. The van der Waals surface area contributed by atoms with Crippen LogP contribution in [0.3, 0.4) is 0 Å². The van der Waals surface area contributed by atoms with Crippen molar-refractivity contribution in [2.45, 2.75) is 39.0 Å². The lowest BCUT2D eigenvalue weighted by Crippen LogP contribution is -2.34. The van der Waals surface area contributed by atoms with Crippen LogP contribution < -0.4 is 4.31 Å². The summed E-state index contributed by atoms with van der Waals surface area (Å²) in [6.07, 6.45) is 0.758. The second-order valence-corrected chi connectivity index (χ2v) is 11.0. The predicted octanol–water partition coefficient (Wildman–Crippen LogP) is 5.35. The molecule has 0 saturated heterocycles.